The van der Waals surface area contributed by atoms with E-state index in [1.807, 2.05) is 32.0 Å². The fraction of sp³-hybridized carbons (Fsp3) is 0.238. The Labute approximate surface area is 185 Å². The Balaban J connectivity index is 2.08. The van der Waals surface area contributed by atoms with E-state index < -0.39 is 17.4 Å². The van der Waals surface area contributed by atoms with E-state index in [0.717, 1.165) is 9.13 Å². The molecule has 4 rings (SSSR count). The summed E-state index contributed by atoms with van der Waals surface area (Å²) in [5.41, 5.74) is 1.28. The smallest absolute Gasteiger partial charge is 0.359 e. The third kappa shape index (κ3) is 3.40. The molecule has 0 aliphatic carbocycles. The molecule has 0 saturated heterocycles. The molecule has 0 fully saturated rings. The molecule has 1 aliphatic heterocycles. The van der Waals surface area contributed by atoms with Crippen LogP contribution in [0.15, 0.2) is 36.4 Å². The number of halogens is 3. The SMILES string of the molecule is CCOC(=O)c1nn(-c2ccc(Cl)cc2F)c2c1C(C)(C)Oc1cc(I)ccc1-2. The quantitative estimate of drug-likeness (QED) is 0.323. The largest absolute Gasteiger partial charge is 0.482 e. The van der Waals surface area contributed by atoms with Gasteiger partial charge in [0.25, 0.3) is 0 Å². The minimum Gasteiger partial charge on any atom is -0.482 e. The highest BCUT2D eigenvalue weighted by Crippen LogP contribution is 2.48. The number of rotatable bonds is 3. The minimum atomic E-state index is -0.879. The number of hydrogen-bond donors (Lipinski definition) is 0. The topological polar surface area (TPSA) is 53.3 Å². The van der Waals surface area contributed by atoms with Crippen LogP contribution in [0.5, 0.6) is 5.75 Å². The molecule has 8 heteroatoms. The number of fused-ring (bicyclic) bond motifs is 3. The highest BCUT2D eigenvalue weighted by atomic mass is 127. The summed E-state index contributed by atoms with van der Waals surface area (Å²) in [5, 5.41) is 4.74. The second-order valence-electron chi connectivity index (χ2n) is 7.05. The van der Waals surface area contributed by atoms with E-state index in [1.165, 1.54) is 16.8 Å². The molecule has 0 N–H and O–H groups in total. The van der Waals surface area contributed by atoms with Gasteiger partial charge < -0.3 is 9.47 Å². The van der Waals surface area contributed by atoms with Crippen LogP contribution in [0.4, 0.5) is 4.39 Å². The first-order valence-corrected chi connectivity index (χ1v) is 10.4. The number of carbonyl (C=O) groups is 1. The van der Waals surface area contributed by atoms with E-state index >= 15 is 0 Å². The first-order valence-electron chi connectivity index (χ1n) is 8.98. The van der Waals surface area contributed by atoms with E-state index in [0.29, 0.717) is 17.0 Å². The van der Waals surface area contributed by atoms with Crippen LogP contribution in [0.25, 0.3) is 16.9 Å². The average molecular weight is 527 g/mol. The molecular weight excluding hydrogens is 510 g/mol. The zero-order valence-electron chi connectivity index (χ0n) is 15.9. The Hall–Kier alpha value is -2.13. The second-order valence-corrected chi connectivity index (χ2v) is 8.74. The van der Waals surface area contributed by atoms with Crippen LogP contribution in [0, 0.1) is 9.39 Å². The summed E-state index contributed by atoms with van der Waals surface area (Å²) < 4.78 is 28.7. The predicted octanol–water partition coefficient (Wildman–Crippen LogP) is 5.74. The van der Waals surface area contributed by atoms with Crippen molar-refractivity contribution in [2.45, 2.75) is 26.4 Å². The molecule has 0 spiro atoms. The van der Waals surface area contributed by atoms with E-state index in [4.69, 9.17) is 21.1 Å². The Kier molecular flexibility index (Phi) is 5.06. The Morgan fingerprint density at radius 2 is 2.07 bits per heavy atom. The van der Waals surface area contributed by atoms with Crippen LogP contribution in [0.3, 0.4) is 0 Å². The van der Waals surface area contributed by atoms with Gasteiger partial charge in [-0.15, -0.1) is 0 Å². The molecule has 0 unspecified atom stereocenters. The molecule has 0 atom stereocenters. The van der Waals surface area contributed by atoms with Gasteiger partial charge in [-0.3, -0.25) is 0 Å². The molecule has 29 heavy (non-hydrogen) atoms. The maximum absolute atomic E-state index is 14.8. The molecule has 0 saturated carbocycles. The molecule has 0 bridgehead atoms. The van der Waals surface area contributed by atoms with E-state index in [1.54, 1.807) is 13.0 Å². The van der Waals surface area contributed by atoms with Crippen molar-refractivity contribution in [2.24, 2.45) is 0 Å². The summed E-state index contributed by atoms with van der Waals surface area (Å²) >= 11 is 8.13. The third-order valence-electron chi connectivity index (χ3n) is 4.66. The lowest BCUT2D eigenvalue weighted by atomic mass is 9.89. The number of benzene rings is 2. The van der Waals surface area contributed by atoms with Gasteiger partial charge in [0.15, 0.2) is 5.69 Å². The van der Waals surface area contributed by atoms with Gasteiger partial charge in [0.2, 0.25) is 0 Å². The van der Waals surface area contributed by atoms with Crippen molar-refractivity contribution in [3.8, 4) is 22.7 Å². The standard InChI is InChI=1S/C21H17ClFIN2O3/c1-4-28-20(27)18-17-19(26(25-18)15-8-5-11(22)9-14(15)23)13-7-6-12(24)10-16(13)29-21(17,2)3/h5-10H,4H2,1-3H3. The lowest BCUT2D eigenvalue weighted by Gasteiger charge is -2.33. The van der Waals surface area contributed by atoms with Crippen LogP contribution in [0.2, 0.25) is 5.02 Å². The van der Waals surface area contributed by atoms with Crippen LogP contribution < -0.4 is 4.74 Å². The van der Waals surface area contributed by atoms with Crippen molar-refractivity contribution in [1.29, 1.82) is 0 Å². The van der Waals surface area contributed by atoms with Gasteiger partial charge in [0.1, 0.15) is 22.9 Å². The number of ether oxygens (including phenoxy) is 2. The molecule has 1 aliphatic rings. The van der Waals surface area contributed by atoms with Gasteiger partial charge in [0, 0.05) is 14.2 Å². The predicted molar refractivity (Wildman–Crippen MR) is 116 cm³/mol. The molecule has 2 heterocycles. The Morgan fingerprint density at radius 1 is 1.31 bits per heavy atom. The first kappa shape index (κ1) is 20.2. The molecule has 0 radical (unpaired) electrons. The van der Waals surface area contributed by atoms with Crippen molar-refractivity contribution >= 4 is 40.2 Å². The molecule has 1 aromatic heterocycles. The molecule has 2 aromatic carbocycles. The van der Waals surface area contributed by atoms with Crippen molar-refractivity contribution < 1.29 is 18.7 Å². The summed E-state index contributed by atoms with van der Waals surface area (Å²) in [7, 11) is 0. The lowest BCUT2D eigenvalue weighted by Crippen LogP contribution is -2.31. The van der Waals surface area contributed by atoms with Crippen molar-refractivity contribution in [3.63, 3.8) is 0 Å². The zero-order chi connectivity index (χ0) is 20.9. The summed E-state index contributed by atoms with van der Waals surface area (Å²) in [6.07, 6.45) is 0. The van der Waals surface area contributed by atoms with E-state index in [2.05, 4.69) is 27.7 Å². The molecule has 5 nitrogen and oxygen atoms in total. The monoisotopic (exact) mass is 526 g/mol. The normalized spacial score (nSPS) is 14.0. The summed E-state index contributed by atoms with van der Waals surface area (Å²) in [5.74, 6) is -0.489. The Morgan fingerprint density at radius 3 is 2.76 bits per heavy atom. The van der Waals surface area contributed by atoms with Crippen molar-refractivity contribution in [3.05, 3.63) is 62.1 Å². The zero-order valence-corrected chi connectivity index (χ0v) is 18.8. The Bertz CT molecular complexity index is 1140. The maximum atomic E-state index is 14.8. The maximum Gasteiger partial charge on any atom is 0.359 e. The molecule has 0 amide bonds. The van der Waals surface area contributed by atoms with Crippen LogP contribution in [-0.2, 0) is 10.3 Å². The summed E-state index contributed by atoms with van der Waals surface area (Å²) in [6, 6.07) is 10.0. The number of esters is 1. The molecule has 3 aromatic rings. The highest BCUT2D eigenvalue weighted by Gasteiger charge is 2.42. The average Bonchev–Trinajstić information content (AvgIpc) is 3.03. The number of hydrogen-bond acceptors (Lipinski definition) is 4. The second kappa shape index (κ2) is 7.28. The van der Waals surface area contributed by atoms with Crippen LogP contribution in [-0.4, -0.2) is 22.4 Å². The van der Waals surface area contributed by atoms with Gasteiger partial charge in [-0.1, -0.05) is 11.6 Å². The van der Waals surface area contributed by atoms with Gasteiger partial charge in [-0.25, -0.2) is 13.9 Å². The van der Waals surface area contributed by atoms with Crippen LogP contribution >= 0.6 is 34.2 Å². The van der Waals surface area contributed by atoms with Crippen molar-refractivity contribution in [2.75, 3.05) is 6.61 Å². The van der Waals surface area contributed by atoms with Crippen LogP contribution in [0.1, 0.15) is 36.8 Å². The van der Waals surface area contributed by atoms with Crippen molar-refractivity contribution in [1.82, 2.24) is 9.78 Å². The number of nitrogens with zero attached hydrogens (tertiary/aromatic N) is 2. The summed E-state index contributed by atoms with van der Waals surface area (Å²) in [4.78, 5) is 12.7. The van der Waals surface area contributed by atoms with Gasteiger partial charge in [-0.05, 0) is 79.8 Å². The van der Waals surface area contributed by atoms with Gasteiger partial charge in [-0.2, -0.15) is 5.10 Å². The third-order valence-corrected chi connectivity index (χ3v) is 5.56. The van der Waals surface area contributed by atoms with Gasteiger partial charge >= 0.3 is 5.97 Å². The highest BCUT2D eigenvalue weighted by molar-refractivity contribution is 14.1. The number of carbonyl (C=O) groups excluding carboxylic acids is 1. The minimum absolute atomic E-state index is 0.102. The molecular formula is C21H17ClFIN2O3. The number of aromatic nitrogens is 2. The molecule has 150 valence electrons. The fourth-order valence-corrected chi connectivity index (χ4v) is 4.13. The first-order chi connectivity index (χ1) is 13.7. The lowest BCUT2D eigenvalue weighted by molar-refractivity contribution is 0.0500. The fourth-order valence-electron chi connectivity index (χ4n) is 3.51. The summed E-state index contributed by atoms with van der Waals surface area (Å²) in [6.45, 7) is 5.62. The van der Waals surface area contributed by atoms with Gasteiger partial charge in [0.05, 0.1) is 17.9 Å². The van der Waals surface area contributed by atoms with E-state index in [-0.39, 0.29) is 23.0 Å². The van der Waals surface area contributed by atoms with E-state index in [9.17, 15) is 9.18 Å².